The molecule has 2 unspecified atom stereocenters. The zero-order chi connectivity index (χ0) is 20.7. The average Bonchev–Trinajstić information content (AvgIpc) is 3.06. The van der Waals surface area contributed by atoms with Crippen LogP contribution in [-0.4, -0.2) is 36.7 Å². The van der Waals surface area contributed by atoms with Gasteiger partial charge in [-0.2, -0.15) is 0 Å². The van der Waals surface area contributed by atoms with E-state index < -0.39 is 0 Å². The van der Waals surface area contributed by atoms with Gasteiger partial charge in [-0.15, -0.1) is 0 Å². The largest absolute Gasteiger partial charge is 0.454 e. The van der Waals surface area contributed by atoms with Crippen molar-refractivity contribution in [1.82, 2.24) is 4.90 Å². The van der Waals surface area contributed by atoms with Gasteiger partial charge in [0, 0.05) is 41.9 Å². The third-order valence-electron chi connectivity index (χ3n) is 6.43. The molecule has 3 aliphatic rings. The zero-order valence-corrected chi connectivity index (χ0v) is 16.9. The van der Waals surface area contributed by atoms with Crippen LogP contribution >= 0.6 is 0 Å². The van der Waals surface area contributed by atoms with Gasteiger partial charge in [0.15, 0.2) is 11.5 Å². The number of aryl methyl sites for hydroxylation is 1. The maximum absolute atomic E-state index is 12.8. The second kappa shape index (κ2) is 7.23. The summed E-state index contributed by atoms with van der Waals surface area (Å²) < 4.78 is 10.7. The molecule has 7 nitrogen and oxygen atoms in total. The van der Waals surface area contributed by atoms with Gasteiger partial charge < -0.3 is 25.0 Å². The van der Waals surface area contributed by atoms with Gasteiger partial charge in [0.25, 0.3) is 0 Å². The minimum atomic E-state index is -0.0991. The first kappa shape index (κ1) is 18.8. The molecule has 5 rings (SSSR count). The Bertz CT molecular complexity index is 990. The smallest absolute Gasteiger partial charge is 0.321 e. The molecule has 7 heteroatoms. The number of benzene rings is 2. The van der Waals surface area contributed by atoms with Gasteiger partial charge in [-0.3, -0.25) is 4.79 Å². The quantitative estimate of drug-likeness (QED) is 0.807. The van der Waals surface area contributed by atoms with Crippen LogP contribution in [-0.2, 0) is 11.2 Å². The molecule has 1 spiro atoms. The Kier molecular flexibility index (Phi) is 4.53. The molecule has 1 saturated carbocycles. The fourth-order valence-electron chi connectivity index (χ4n) is 4.47. The number of hydrogen-bond donors (Lipinski definition) is 2. The van der Waals surface area contributed by atoms with E-state index in [0.717, 1.165) is 24.9 Å². The van der Waals surface area contributed by atoms with E-state index in [9.17, 15) is 9.59 Å². The molecular weight excluding hydrogens is 382 g/mol. The second-order valence-electron chi connectivity index (χ2n) is 8.33. The van der Waals surface area contributed by atoms with Crippen molar-refractivity contribution in [3.8, 4) is 11.5 Å². The summed E-state index contributed by atoms with van der Waals surface area (Å²) in [5.41, 5.74) is 2.65. The van der Waals surface area contributed by atoms with Gasteiger partial charge in [0.05, 0.1) is 0 Å². The van der Waals surface area contributed by atoms with Crippen LogP contribution in [0.5, 0.6) is 11.5 Å². The van der Waals surface area contributed by atoms with Gasteiger partial charge in [0.1, 0.15) is 0 Å². The maximum atomic E-state index is 12.8. The molecule has 1 aliphatic carbocycles. The Labute approximate surface area is 175 Å². The highest BCUT2D eigenvalue weighted by Gasteiger charge is 2.61. The lowest BCUT2D eigenvalue weighted by Crippen LogP contribution is -2.33. The number of amides is 3. The molecule has 2 atom stereocenters. The Morgan fingerprint density at radius 1 is 1.07 bits per heavy atom. The van der Waals surface area contributed by atoms with Crippen molar-refractivity contribution < 1.29 is 19.1 Å². The molecule has 0 bridgehead atoms. The molecular formula is C23H25N3O4. The summed E-state index contributed by atoms with van der Waals surface area (Å²) in [7, 11) is 0. The molecule has 2 N–H and O–H groups in total. The zero-order valence-electron chi connectivity index (χ0n) is 16.9. The van der Waals surface area contributed by atoms with Crippen LogP contribution in [0.15, 0.2) is 42.5 Å². The van der Waals surface area contributed by atoms with E-state index in [1.807, 2.05) is 35.2 Å². The minimum Gasteiger partial charge on any atom is -0.454 e. The Morgan fingerprint density at radius 2 is 1.83 bits per heavy atom. The van der Waals surface area contributed by atoms with E-state index in [1.165, 1.54) is 5.56 Å². The maximum Gasteiger partial charge on any atom is 0.321 e. The fraction of sp³-hybridized carbons (Fsp3) is 0.391. The highest BCUT2D eigenvalue weighted by Crippen LogP contribution is 2.58. The van der Waals surface area contributed by atoms with Gasteiger partial charge in [-0.1, -0.05) is 19.1 Å². The van der Waals surface area contributed by atoms with Crippen molar-refractivity contribution in [2.75, 3.05) is 30.5 Å². The number of urea groups is 1. The predicted molar refractivity (Wildman–Crippen MR) is 113 cm³/mol. The van der Waals surface area contributed by atoms with Gasteiger partial charge in [-0.05, 0) is 49.1 Å². The molecule has 2 heterocycles. The Balaban J connectivity index is 1.16. The molecule has 1 saturated heterocycles. The van der Waals surface area contributed by atoms with Crippen molar-refractivity contribution in [3.63, 3.8) is 0 Å². The van der Waals surface area contributed by atoms with Crippen LogP contribution < -0.4 is 20.1 Å². The van der Waals surface area contributed by atoms with E-state index in [1.54, 1.807) is 12.1 Å². The van der Waals surface area contributed by atoms with E-state index in [4.69, 9.17) is 9.47 Å². The number of carbonyl (C=O) groups excluding carboxylic acids is 2. The summed E-state index contributed by atoms with van der Waals surface area (Å²) in [5.74, 6) is 1.28. The number of ether oxygens (including phenoxy) is 2. The van der Waals surface area contributed by atoms with E-state index >= 15 is 0 Å². The first-order chi connectivity index (χ1) is 14.6. The number of nitrogens with one attached hydrogen (secondary N) is 2. The topological polar surface area (TPSA) is 79.9 Å². The van der Waals surface area contributed by atoms with E-state index in [2.05, 4.69) is 17.6 Å². The number of likely N-dealkylation sites (tertiary alicyclic amines) is 1. The van der Waals surface area contributed by atoms with Crippen LogP contribution in [0.25, 0.3) is 0 Å². The SMILES string of the molecule is CCc1ccc(NC(=O)N2CCC3(CC3C(=O)Nc3ccc4c(c3)OCO4)C2)cc1. The van der Waals surface area contributed by atoms with Crippen LogP contribution in [0.2, 0.25) is 0 Å². The van der Waals surface area contributed by atoms with Crippen LogP contribution in [0, 0.1) is 11.3 Å². The third kappa shape index (κ3) is 3.44. The molecule has 3 amide bonds. The van der Waals surface area contributed by atoms with Gasteiger partial charge in [-0.25, -0.2) is 4.79 Å². The summed E-state index contributed by atoms with van der Waals surface area (Å²) in [6.45, 7) is 3.60. The minimum absolute atomic E-state index is 0.00581. The summed E-state index contributed by atoms with van der Waals surface area (Å²) >= 11 is 0. The standard InChI is InChI=1S/C23H25N3O4/c1-2-15-3-5-16(6-4-15)25-22(28)26-10-9-23(13-26)12-18(23)21(27)24-17-7-8-19-20(11-17)30-14-29-19/h3-8,11,18H,2,9-10,12-14H2,1H3,(H,24,27)(H,25,28). The monoisotopic (exact) mass is 407 g/mol. The van der Waals surface area contributed by atoms with Crippen LogP contribution in [0.3, 0.4) is 0 Å². The van der Waals surface area contributed by atoms with E-state index in [0.29, 0.717) is 30.3 Å². The van der Waals surface area contributed by atoms with Gasteiger partial charge >= 0.3 is 6.03 Å². The van der Waals surface area contributed by atoms with Crippen LogP contribution in [0.4, 0.5) is 16.2 Å². The summed E-state index contributed by atoms with van der Waals surface area (Å²) in [6.07, 6.45) is 2.64. The lowest BCUT2D eigenvalue weighted by atomic mass is 10.0. The molecule has 0 aromatic heterocycles. The number of anilines is 2. The number of rotatable bonds is 4. The molecule has 30 heavy (non-hydrogen) atoms. The Hall–Kier alpha value is -3.22. The Morgan fingerprint density at radius 3 is 2.63 bits per heavy atom. The van der Waals surface area contributed by atoms with E-state index in [-0.39, 0.29) is 30.1 Å². The van der Waals surface area contributed by atoms with Crippen molar-refractivity contribution >= 4 is 23.3 Å². The van der Waals surface area contributed by atoms with Crippen molar-refractivity contribution in [2.24, 2.45) is 11.3 Å². The molecule has 2 aromatic rings. The van der Waals surface area contributed by atoms with Crippen molar-refractivity contribution in [2.45, 2.75) is 26.2 Å². The second-order valence-corrected chi connectivity index (χ2v) is 8.33. The van der Waals surface area contributed by atoms with Crippen molar-refractivity contribution in [1.29, 1.82) is 0 Å². The molecule has 156 valence electrons. The average molecular weight is 407 g/mol. The number of hydrogen-bond acceptors (Lipinski definition) is 4. The fourth-order valence-corrected chi connectivity index (χ4v) is 4.47. The number of nitrogens with zero attached hydrogens (tertiary/aromatic N) is 1. The van der Waals surface area contributed by atoms with Gasteiger partial charge in [0.2, 0.25) is 12.7 Å². The first-order valence-corrected chi connectivity index (χ1v) is 10.4. The third-order valence-corrected chi connectivity index (χ3v) is 6.43. The molecule has 2 aliphatic heterocycles. The number of fused-ring (bicyclic) bond motifs is 1. The lowest BCUT2D eigenvalue weighted by Gasteiger charge is -2.18. The summed E-state index contributed by atoms with van der Waals surface area (Å²) in [5, 5.41) is 5.96. The first-order valence-electron chi connectivity index (χ1n) is 10.4. The highest BCUT2D eigenvalue weighted by atomic mass is 16.7. The molecule has 2 fully saturated rings. The normalized spacial score (nSPS) is 23.5. The van der Waals surface area contributed by atoms with Crippen LogP contribution in [0.1, 0.15) is 25.3 Å². The summed E-state index contributed by atoms with van der Waals surface area (Å²) in [6, 6.07) is 13.2. The molecule has 0 radical (unpaired) electrons. The predicted octanol–water partition coefficient (Wildman–Crippen LogP) is 3.86. The molecule has 2 aromatic carbocycles. The summed E-state index contributed by atoms with van der Waals surface area (Å²) in [4.78, 5) is 27.2. The van der Waals surface area contributed by atoms with Crippen molar-refractivity contribution in [3.05, 3.63) is 48.0 Å². The highest BCUT2D eigenvalue weighted by molar-refractivity contribution is 5.96. The number of carbonyl (C=O) groups is 2. The lowest BCUT2D eigenvalue weighted by molar-refractivity contribution is -0.118.